The van der Waals surface area contributed by atoms with Gasteiger partial charge < -0.3 is 15.2 Å². The predicted octanol–water partition coefficient (Wildman–Crippen LogP) is 2.32. The van der Waals surface area contributed by atoms with Crippen LogP contribution < -0.4 is 5.32 Å². The Morgan fingerprint density at radius 2 is 2.33 bits per heavy atom. The van der Waals surface area contributed by atoms with E-state index < -0.39 is 0 Å². The molecule has 1 aromatic rings. The quantitative estimate of drug-likeness (QED) is 0.808. The number of phenols is 1. The zero-order valence-electron chi connectivity index (χ0n) is 10.8. The summed E-state index contributed by atoms with van der Waals surface area (Å²) < 4.78 is 5.40. The minimum Gasteiger partial charge on any atom is -0.508 e. The average Bonchev–Trinajstić information content (AvgIpc) is 2.77. The molecule has 98 valence electrons. The van der Waals surface area contributed by atoms with E-state index in [2.05, 4.69) is 5.32 Å². The van der Waals surface area contributed by atoms with Crippen molar-refractivity contribution < 1.29 is 14.6 Å². The number of amides is 1. The van der Waals surface area contributed by atoms with Crippen molar-refractivity contribution in [3.8, 4) is 5.75 Å². The van der Waals surface area contributed by atoms with E-state index in [-0.39, 0.29) is 23.7 Å². The van der Waals surface area contributed by atoms with Gasteiger partial charge >= 0.3 is 0 Å². The Kier molecular flexibility index (Phi) is 3.87. The van der Waals surface area contributed by atoms with Crippen molar-refractivity contribution in [2.75, 3.05) is 11.9 Å². The molecule has 0 spiro atoms. The van der Waals surface area contributed by atoms with Crippen LogP contribution >= 0.6 is 0 Å². The topological polar surface area (TPSA) is 58.6 Å². The SMILES string of the molecule is CCc1cc(O)ccc1NC(=O)[C@@H]1CCO[C@@H]1C. The number of aryl methyl sites for hydroxylation is 1. The summed E-state index contributed by atoms with van der Waals surface area (Å²) in [6.45, 7) is 4.57. The first-order chi connectivity index (χ1) is 8.61. The van der Waals surface area contributed by atoms with Gasteiger partial charge in [-0.05, 0) is 43.5 Å². The number of aromatic hydroxyl groups is 1. The molecule has 1 aliphatic rings. The summed E-state index contributed by atoms with van der Waals surface area (Å²) in [6.07, 6.45) is 1.51. The molecule has 1 fully saturated rings. The first kappa shape index (κ1) is 12.9. The first-order valence-corrected chi connectivity index (χ1v) is 6.36. The second-order valence-electron chi connectivity index (χ2n) is 4.66. The molecule has 1 heterocycles. The van der Waals surface area contributed by atoms with Gasteiger partial charge in [0.05, 0.1) is 12.0 Å². The van der Waals surface area contributed by atoms with Crippen LogP contribution in [0.3, 0.4) is 0 Å². The van der Waals surface area contributed by atoms with E-state index in [1.807, 2.05) is 13.8 Å². The molecule has 1 amide bonds. The van der Waals surface area contributed by atoms with E-state index in [0.29, 0.717) is 6.61 Å². The largest absolute Gasteiger partial charge is 0.508 e. The van der Waals surface area contributed by atoms with Gasteiger partial charge in [0.15, 0.2) is 0 Å². The number of carbonyl (C=O) groups is 1. The van der Waals surface area contributed by atoms with Crippen molar-refractivity contribution in [3.63, 3.8) is 0 Å². The van der Waals surface area contributed by atoms with Gasteiger partial charge in [-0.15, -0.1) is 0 Å². The maximum atomic E-state index is 12.1. The van der Waals surface area contributed by atoms with Crippen LogP contribution in [0.1, 0.15) is 25.8 Å². The molecule has 0 saturated carbocycles. The van der Waals surface area contributed by atoms with Gasteiger partial charge in [-0.1, -0.05) is 6.92 Å². The smallest absolute Gasteiger partial charge is 0.230 e. The van der Waals surface area contributed by atoms with Crippen LogP contribution in [0.25, 0.3) is 0 Å². The Balaban J connectivity index is 2.11. The van der Waals surface area contributed by atoms with E-state index in [0.717, 1.165) is 24.1 Å². The third-order valence-corrected chi connectivity index (χ3v) is 3.44. The number of ether oxygens (including phenoxy) is 1. The highest BCUT2D eigenvalue weighted by atomic mass is 16.5. The van der Waals surface area contributed by atoms with Crippen LogP contribution in [0.4, 0.5) is 5.69 Å². The van der Waals surface area contributed by atoms with Crippen molar-refractivity contribution in [3.05, 3.63) is 23.8 Å². The highest BCUT2D eigenvalue weighted by Gasteiger charge is 2.30. The number of carbonyl (C=O) groups excluding carboxylic acids is 1. The lowest BCUT2D eigenvalue weighted by molar-refractivity contribution is -0.121. The summed E-state index contributed by atoms with van der Waals surface area (Å²) in [5.41, 5.74) is 1.72. The fraction of sp³-hybridized carbons (Fsp3) is 0.500. The van der Waals surface area contributed by atoms with Crippen LogP contribution in [0.15, 0.2) is 18.2 Å². The molecular weight excluding hydrogens is 230 g/mol. The zero-order chi connectivity index (χ0) is 13.1. The van der Waals surface area contributed by atoms with Gasteiger partial charge in [-0.25, -0.2) is 0 Å². The monoisotopic (exact) mass is 249 g/mol. The number of benzene rings is 1. The zero-order valence-corrected chi connectivity index (χ0v) is 10.8. The maximum Gasteiger partial charge on any atom is 0.230 e. The fourth-order valence-corrected chi connectivity index (χ4v) is 2.30. The molecule has 2 N–H and O–H groups in total. The average molecular weight is 249 g/mol. The molecule has 4 nitrogen and oxygen atoms in total. The lowest BCUT2D eigenvalue weighted by Crippen LogP contribution is -2.28. The number of hydrogen-bond acceptors (Lipinski definition) is 3. The Labute approximate surface area is 107 Å². The molecule has 2 rings (SSSR count). The van der Waals surface area contributed by atoms with Gasteiger partial charge in [0.2, 0.25) is 5.91 Å². The molecule has 18 heavy (non-hydrogen) atoms. The number of nitrogens with one attached hydrogen (secondary N) is 1. The summed E-state index contributed by atoms with van der Waals surface area (Å²) in [4.78, 5) is 12.1. The number of hydrogen-bond donors (Lipinski definition) is 2. The third-order valence-electron chi connectivity index (χ3n) is 3.44. The highest BCUT2D eigenvalue weighted by Crippen LogP contribution is 2.25. The van der Waals surface area contributed by atoms with Gasteiger partial charge in [0.25, 0.3) is 0 Å². The van der Waals surface area contributed by atoms with Crippen molar-refractivity contribution >= 4 is 11.6 Å². The molecule has 2 atom stereocenters. The minimum absolute atomic E-state index is 0.000361. The Morgan fingerprint density at radius 1 is 1.56 bits per heavy atom. The summed E-state index contributed by atoms with van der Waals surface area (Å²) in [5, 5.41) is 12.4. The van der Waals surface area contributed by atoms with Crippen molar-refractivity contribution in [2.24, 2.45) is 5.92 Å². The standard InChI is InChI=1S/C14H19NO3/c1-3-10-8-11(16)4-5-13(10)15-14(17)12-6-7-18-9(12)2/h4-5,8-9,12,16H,3,6-7H2,1-2H3,(H,15,17)/t9-,12-/m1/s1. The van der Waals surface area contributed by atoms with Gasteiger partial charge in [-0.3, -0.25) is 4.79 Å². The van der Waals surface area contributed by atoms with Crippen molar-refractivity contribution in [1.29, 1.82) is 0 Å². The number of rotatable bonds is 3. The molecule has 0 aliphatic carbocycles. The Bertz CT molecular complexity index is 445. The van der Waals surface area contributed by atoms with Crippen LogP contribution in [0, 0.1) is 5.92 Å². The molecule has 0 radical (unpaired) electrons. The summed E-state index contributed by atoms with van der Waals surface area (Å²) in [7, 11) is 0. The minimum atomic E-state index is -0.0801. The molecule has 0 unspecified atom stereocenters. The molecule has 0 aromatic heterocycles. The summed E-state index contributed by atoms with van der Waals surface area (Å²) in [5.74, 6) is 0.145. The normalized spacial score (nSPS) is 23.0. The van der Waals surface area contributed by atoms with Crippen molar-refractivity contribution in [2.45, 2.75) is 32.8 Å². The van der Waals surface area contributed by atoms with Gasteiger partial charge in [-0.2, -0.15) is 0 Å². The van der Waals surface area contributed by atoms with Crippen LogP contribution in [0.2, 0.25) is 0 Å². The first-order valence-electron chi connectivity index (χ1n) is 6.36. The lowest BCUT2D eigenvalue weighted by atomic mass is 10.0. The number of anilines is 1. The second kappa shape index (κ2) is 5.40. The Morgan fingerprint density at radius 3 is 2.94 bits per heavy atom. The molecular formula is C14H19NO3. The number of phenolic OH excluding ortho intramolecular Hbond substituents is 1. The molecule has 1 aliphatic heterocycles. The van der Waals surface area contributed by atoms with E-state index in [4.69, 9.17) is 4.74 Å². The van der Waals surface area contributed by atoms with E-state index >= 15 is 0 Å². The van der Waals surface area contributed by atoms with E-state index in [9.17, 15) is 9.90 Å². The fourth-order valence-electron chi connectivity index (χ4n) is 2.30. The van der Waals surface area contributed by atoms with E-state index in [1.54, 1.807) is 18.2 Å². The molecule has 1 saturated heterocycles. The maximum absolute atomic E-state index is 12.1. The molecule has 0 bridgehead atoms. The second-order valence-corrected chi connectivity index (χ2v) is 4.66. The van der Waals surface area contributed by atoms with Crippen LogP contribution in [-0.4, -0.2) is 23.7 Å². The molecule has 1 aromatic carbocycles. The van der Waals surface area contributed by atoms with Crippen LogP contribution in [0.5, 0.6) is 5.75 Å². The third kappa shape index (κ3) is 2.64. The highest BCUT2D eigenvalue weighted by molar-refractivity contribution is 5.93. The Hall–Kier alpha value is -1.55. The summed E-state index contributed by atoms with van der Waals surface area (Å²) >= 11 is 0. The van der Waals surface area contributed by atoms with Gasteiger partial charge in [0, 0.05) is 12.3 Å². The van der Waals surface area contributed by atoms with Gasteiger partial charge in [0.1, 0.15) is 5.75 Å². The predicted molar refractivity (Wildman–Crippen MR) is 69.6 cm³/mol. The van der Waals surface area contributed by atoms with Crippen molar-refractivity contribution in [1.82, 2.24) is 0 Å². The lowest BCUT2D eigenvalue weighted by Gasteiger charge is -2.16. The van der Waals surface area contributed by atoms with Crippen LogP contribution in [-0.2, 0) is 16.0 Å². The van der Waals surface area contributed by atoms with E-state index in [1.165, 1.54) is 0 Å². The molecule has 4 heteroatoms. The summed E-state index contributed by atoms with van der Waals surface area (Å²) in [6, 6.07) is 5.01.